The molecule has 0 aliphatic heterocycles. The van der Waals surface area contributed by atoms with Crippen molar-refractivity contribution in [3.63, 3.8) is 0 Å². The van der Waals surface area contributed by atoms with E-state index in [2.05, 4.69) is 15.5 Å². The van der Waals surface area contributed by atoms with Crippen molar-refractivity contribution in [3.8, 4) is 10.7 Å². The molecule has 3 aromatic rings. The van der Waals surface area contributed by atoms with Crippen molar-refractivity contribution in [3.05, 3.63) is 35.3 Å². The number of hydrogen-bond donors (Lipinski definition) is 1. The van der Waals surface area contributed by atoms with Crippen LogP contribution in [0.5, 0.6) is 0 Å². The molecule has 3 rings (SSSR count). The number of aromatic nitrogens is 2. The molecule has 0 saturated heterocycles. The maximum absolute atomic E-state index is 11.7. The molecule has 2 aromatic heterocycles. The minimum Gasteiger partial charge on any atom is -0.356 e. The third-order valence-corrected chi connectivity index (χ3v) is 3.49. The summed E-state index contributed by atoms with van der Waals surface area (Å²) in [6.45, 7) is 2.48. The predicted molar refractivity (Wildman–Crippen MR) is 73.1 cm³/mol. The fraction of sp³-hybridized carbons (Fsp3) is 0.154. The number of amides is 1. The zero-order valence-corrected chi connectivity index (χ0v) is 11.0. The fourth-order valence-electron chi connectivity index (χ4n) is 1.84. The maximum Gasteiger partial charge on any atom is 0.251 e. The molecular weight excluding hydrogens is 262 g/mol. The van der Waals surface area contributed by atoms with Crippen LogP contribution in [0.15, 0.2) is 34.3 Å². The highest BCUT2D eigenvalue weighted by molar-refractivity contribution is 7.13. The van der Waals surface area contributed by atoms with E-state index in [1.165, 1.54) is 11.3 Å². The van der Waals surface area contributed by atoms with Gasteiger partial charge in [-0.05, 0) is 25.1 Å². The van der Waals surface area contributed by atoms with E-state index >= 15 is 0 Å². The first kappa shape index (κ1) is 11.9. The Hall–Kier alpha value is -2.21. The molecule has 96 valence electrons. The molecule has 0 radical (unpaired) electrons. The van der Waals surface area contributed by atoms with Gasteiger partial charge in [-0.15, -0.1) is 11.3 Å². The van der Waals surface area contributed by atoms with Gasteiger partial charge in [-0.25, -0.2) is 4.98 Å². The topological polar surface area (TPSA) is 68.0 Å². The lowest BCUT2D eigenvalue weighted by Gasteiger charge is -2.00. The molecule has 1 N–H and O–H groups in total. The summed E-state index contributed by atoms with van der Waals surface area (Å²) in [5.74, 6) is -0.114. The summed E-state index contributed by atoms with van der Waals surface area (Å²) in [6.07, 6.45) is 1.73. The molecule has 0 saturated carbocycles. The Balaban J connectivity index is 2.05. The van der Waals surface area contributed by atoms with Crippen molar-refractivity contribution >= 4 is 28.2 Å². The van der Waals surface area contributed by atoms with Crippen molar-refractivity contribution in [1.29, 1.82) is 0 Å². The van der Waals surface area contributed by atoms with E-state index in [0.717, 1.165) is 10.4 Å². The zero-order valence-electron chi connectivity index (χ0n) is 10.2. The summed E-state index contributed by atoms with van der Waals surface area (Å²) in [7, 11) is 0. The molecule has 0 aliphatic rings. The van der Waals surface area contributed by atoms with Crippen LogP contribution in [0.3, 0.4) is 0 Å². The van der Waals surface area contributed by atoms with Gasteiger partial charge in [0.15, 0.2) is 5.58 Å². The van der Waals surface area contributed by atoms with Crippen molar-refractivity contribution in [2.45, 2.75) is 6.92 Å². The van der Waals surface area contributed by atoms with Gasteiger partial charge in [-0.3, -0.25) is 4.79 Å². The van der Waals surface area contributed by atoms with Crippen molar-refractivity contribution in [2.75, 3.05) is 6.54 Å². The standard InChI is InChI=1S/C13H11N3O2S/c1-2-14-12(17)8-3-4-9-10(7-8)18-16-11(9)13-15-5-6-19-13/h3-7H,2H2,1H3,(H,14,17). The molecule has 0 atom stereocenters. The van der Waals surface area contributed by atoms with Gasteiger partial charge in [0.2, 0.25) is 0 Å². The molecule has 0 spiro atoms. The first-order chi connectivity index (χ1) is 9.29. The summed E-state index contributed by atoms with van der Waals surface area (Å²) in [5, 5.41) is 10.3. The fourth-order valence-corrected chi connectivity index (χ4v) is 2.47. The largest absolute Gasteiger partial charge is 0.356 e. The van der Waals surface area contributed by atoms with Gasteiger partial charge in [0.05, 0.1) is 5.39 Å². The Labute approximate surface area is 113 Å². The minimum atomic E-state index is -0.114. The quantitative estimate of drug-likeness (QED) is 0.796. The maximum atomic E-state index is 11.7. The average molecular weight is 273 g/mol. The molecule has 5 nitrogen and oxygen atoms in total. The summed E-state index contributed by atoms with van der Waals surface area (Å²) in [5.41, 5.74) is 1.87. The Morgan fingerprint density at radius 2 is 2.37 bits per heavy atom. The van der Waals surface area contributed by atoms with Gasteiger partial charge in [0.1, 0.15) is 10.7 Å². The second-order valence-electron chi connectivity index (χ2n) is 3.94. The van der Waals surface area contributed by atoms with Crippen LogP contribution in [-0.2, 0) is 0 Å². The Morgan fingerprint density at radius 3 is 3.11 bits per heavy atom. The van der Waals surface area contributed by atoms with E-state index in [1.54, 1.807) is 18.3 Å². The second kappa shape index (κ2) is 4.81. The highest BCUT2D eigenvalue weighted by atomic mass is 32.1. The highest BCUT2D eigenvalue weighted by Crippen LogP contribution is 2.29. The van der Waals surface area contributed by atoms with Crippen molar-refractivity contribution < 1.29 is 9.32 Å². The Morgan fingerprint density at radius 1 is 1.47 bits per heavy atom. The van der Waals surface area contributed by atoms with E-state index in [-0.39, 0.29) is 5.91 Å². The first-order valence-corrected chi connectivity index (χ1v) is 6.75. The summed E-state index contributed by atoms with van der Waals surface area (Å²) in [6, 6.07) is 5.30. The van der Waals surface area contributed by atoms with Gasteiger partial charge >= 0.3 is 0 Å². The number of thiazole rings is 1. The van der Waals surface area contributed by atoms with Crippen LogP contribution in [0.2, 0.25) is 0 Å². The third kappa shape index (κ3) is 2.10. The Kier molecular flexibility index (Phi) is 3.00. The molecule has 1 amide bonds. The molecule has 6 heteroatoms. The van der Waals surface area contributed by atoms with E-state index in [9.17, 15) is 4.79 Å². The number of rotatable bonds is 3. The smallest absolute Gasteiger partial charge is 0.251 e. The van der Waals surface area contributed by atoms with E-state index in [1.807, 2.05) is 18.4 Å². The molecule has 0 fully saturated rings. The molecular formula is C13H11N3O2S. The molecule has 19 heavy (non-hydrogen) atoms. The normalized spacial score (nSPS) is 10.8. The van der Waals surface area contributed by atoms with Gasteiger partial charge in [-0.2, -0.15) is 0 Å². The number of benzene rings is 1. The molecule has 0 bridgehead atoms. The SMILES string of the molecule is CCNC(=O)c1ccc2c(-c3nccs3)noc2c1. The van der Waals surface area contributed by atoms with E-state index < -0.39 is 0 Å². The lowest BCUT2D eigenvalue weighted by atomic mass is 10.1. The van der Waals surface area contributed by atoms with E-state index in [4.69, 9.17) is 4.52 Å². The molecule has 2 heterocycles. The summed E-state index contributed by atoms with van der Waals surface area (Å²) >= 11 is 1.50. The van der Waals surface area contributed by atoms with Crippen LogP contribution in [0.4, 0.5) is 0 Å². The van der Waals surface area contributed by atoms with Crippen LogP contribution >= 0.6 is 11.3 Å². The van der Waals surface area contributed by atoms with E-state index in [0.29, 0.717) is 23.4 Å². The van der Waals surface area contributed by atoms with Crippen molar-refractivity contribution in [1.82, 2.24) is 15.5 Å². The van der Waals surface area contributed by atoms with Crippen LogP contribution in [-0.4, -0.2) is 22.6 Å². The van der Waals surface area contributed by atoms with Crippen LogP contribution in [0, 0.1) is 0 Å². The minimum absolute atomic E-state index is 0.114. The number of carbonyl (C=O) groups excluding carboxylic acids is 1. The van der Waals surface area contributed by atoms with Crippen LogP contribution in [0.1, 0.15) is 17.3 Å². The number of fused-ring (bicyclic) bond motifs is 1. The van der Waals surface area contributed by atoms with Crippen LogP contribution in [0.25, 0.3) is 21.7 Å². The number of carbonyl (C=O) groups is 1. The van der Waals surface area contributed by atoms with Gasteiger partial charge in [0, 0.05) is 23.7 Å². The summed E-state index contributed by atoms with van der Waals surface area (Å²) < 4.78 is 5.28. The van der Waals surface area contributed by atoms with Gasteiger partial charge in [0.25, 0.3) is 5.91 Å². The molecule has 0 unspecified atom stereocenters. The molecule has 0 aliphatic carbocycles. The van der Waals surface area contributed by atoms with Crippen molar-refractivity contribution in [2.24, 2.45) is 0 Å². The summed E-state index contributed by atoms with van der Waals surface area (Å²) in [4.78, 5) is 16.0. The predicted octanol–water partition coefficient (Wildman–Crippen LogP) is 2.70. The number of nitrogens with zero attached hydrogens (tertiary/aromatic N) is 2. The Bertz CT molecular complexity index is 719. The zero-order chi connectivity index (χ0) is 13.2. The lowest BCUT2D eigenvalue weighted by Crippen LogP contribution is -2.22. The monoisotopic (exact) mass is 273 g/mol. The molecule has 1 aromatic carbocycles. The highest BCUT2D eigenvalue weighted by Gasteiger charge is 2.14. The van der Waals surface area contributed by atoms with Gasteiger partial charge in [-0.1, -0.05) is 5.16 Å². The van der Waals surface area contributed by atoms with Gasteiger partial charge < -0.3 is 9.84 Å². The van der Waals surface area contributed by atoms with Crippen LogP contribution < -0.4 is 5.32 Å². The second-order valence-corrected chi connectivity index (χ2v) is 4.83. The number of hydrogen-bond acceptors (Lipinski definition) is 5. The average Bonchev–Trinajstić information content (AvgIpc) is 3.06. The third-order valence-electron chi connectivity index (χ3n) is 2.71. The first-order valence-electron chi connectivity index (χ1n) is 5.87. The number of nitrogens with one attached hydrogen (secondary N) is 1. The lowest BCUT2D eigenvalue weighted by molar-refractivity contribution is 0.0956.